The summed E-state index contributed by atoms with van der Waals surface area (Å²) in [5, 5.41) is 120. The number of carbonyl (C=O) groups excluding carboxylic acids is 1. The number of nitrogens with one attached hydrogen (secondary N) is 1. The molecule has 0 aromatic carbocycles. The van der Waals surface area contributed by atoms with Crippen LogP contribution in [0.4, 0.5) is 0 Å². The Morgan fingerprint density at radius 3 is 1.35 bits per heavy atom. The van der Waals surface area contributed by atoms with Crippen LogP contribution in [0.3, 0.4) is 0 Å². The largest absolute Gasteiger partial charge is 0.394 e. The maximum atomic E-state index is 13.3. The van der Waals surface area contributed by atoms with Gasteiger partial charge in [-0.2, -0.15) is 0 Å². The minimum absolute atomic E-state index is 0.239. The molecule has 0 aromatic rings. The summed E-state index contributed by atoms with van der Waals surface area (Å²) in [6, 6.07) is -0.983. The van der Waals surface area contributed by atoms with Crippen molar-refractivity contribution >= 4 is 5.91 Å². The standard InChI is InChI=1S/C55H101NO18/c1-3-5-7-9-11-13-15-17-18-19-21-22-24-26-28-30-32-39(60)38(56-43(61)33-31-29-27-25-23-20-16-14-12-10-8-6-4-2)37-69-53-49(67)46(64)51(41(35-58)71-53)74-55-50(68)47(65)52(42(36-59)72-55)73-54-48(66)45(63)44(62)40(34-57)70-54/h22,24,30,32,38-42,44-55,57-60,62-68H,3-21,23,25-29,31,33-37H2,1-2H3,(H,56,61)/b24-22+,32-30+. The van der Waals surface area contributed by atoms with Crippen LogP contribution in [0.2, 0.25) is 0 Å². The van der Waals surface area contributed by atoms with E-state index in [4.69, 9.17) is 28.4 Å². The van der Waals surface area contributed by atoms with E-state index in [0.717, 1.165) is 38.5 Å². The Morgan fingerprint density at radius 1 is 0.473 bits per heavy atom. The fourth-order valence-corrected chi connectivity index (χ4v) is 9.74. The van der Waals surface area contributed by atoms with Crippen LogP contribution >= 0.6 is 0 Å². The van der Waals surface area contributed by atoms with Crippen LogP contribution in [-0.4, -0.2) is 193 Å². The second-order valence-electron chi connectivity index (χ2n) is 20.8. The maximum absolute atomic E-state index is 13.3. The highest BCUT2D eigenvalue weighted by molar-refractivity contribution is 5.76. The highest BCUT2D eigenvalue weighted by atomic mass is 16.8. The number of hydrogen-bond donors (Lipinski definition) is 12. The first-order valence-electron chi connectivity index (χ1n) is 28.6. The highest BCUT2D eigenvalue weighted by Crippen LogP contribution is 2.33. The van der Waals surface area contributed by atoms with Gasteiger partial charge < -0.3 is 89.9 Å². The second kappa shape index (κ2) is 39.6. The molecule has 0 bridgehead atoms. The Kier molecular flexibility index (Phi) is 35.6. The average Bonchev–Trinajstić information content (AvgIpc) is 3.40. The first kappa shape index (κ1) is 66.5. The van der Waals surface area contributed by atoms with Crippen molar-refractivity contribution < 1.29 is 89.4 Å². The Labute approximate surface area is 441 Å². The average molecular weight is 1060 g/mol. The summed E-state index contributed by atoms with van der Waals surface area (Å²) in [5.41, 5.74) is 0. The van der Waals surface area contributed by atoms with Gasteiger partial charge in [0.1, 0.15) is 73.2 Å². The molecule has 3 aliphatic heterocycles. The molecule has 0 aliphatic carbocycles. The molecule has 17 atom stereocenters. The molecule has 0 saturated carbocycles. The molecule has 0 radical (unpaired) electrons. The molecule has 3 rings (SSSR count). The first-order valence-corrected chi connectivity index (χ1v) is 28.6. The number of aliphatic hydroxyl groups is 11. The van der Waals surface area contributed by atoms with Gasteiger partial charge in [0.05, 0.1) is 38.6 Å². The lowest BCUT2D eigenvalue weighted by molar-refractivity contribution is -0.379. The topological polar surface area (TPSA) is 307 Å². The van der Waals surface area contributed by atoms with Crippen LogP contribution in [0.15, 0.2) is 24.3 Å². The summed E-state index contributed by atoms with van der Waals surface area (Å²) >= 11 is 0. The summed E-state index contributed by atoms with van der Waals surface area (Å²) in [7, 11) is 0. The molecular weight excluding hydrogens is 963 g/mol. The minimum atomic E-state index is -1.98. The monoisotopic (exact) mass is 1060 g/mol. The Bertz CT molecular complexity index is 1460. The minimum Gasteiger partial charge on any atom is -0.394 e. The quantitative estimate of drug-likeness (QED) is 0.0304. The number of ether oxygens (including phenoxy) is 6. The van der Waals surface area contributed by atoms with Gasteiger partial charge in [-0.1, -0.05) is 173 Å². The van der Waals surface area contributed by atoms with Crippen molar-refractivity contribution in [3.63, 3.8) is 0 Å². The van der Waals surface area contributed by atoms with Crippen molar-refractivity contribution in [1.82, 2.24) is 5.32 Å². The third-order valence-corrected chi connectivity index (χ3v) is 14.5. The number of carbonyl (C=O) groups is 1. The van der Waals surface area contributed by atoms with Crippen molar-refractivity contribution in [3.05, 3.63) is 24.3 Å². The van der Waals surface area contributed by atoms with E-state index in [1.165, 1.54) is 116 Å². The Morgan fingerprint density at radius 2 is 0.865 bits per heavy atom. The zero-order valence-corrected chi connectivity index (χ0v) is 44.8. The van der Waals surface area contributed by atoms with E-state index in [1.807, 2.05) is 6.08 Å². The van der Waals surface area contributed by atoms with Gasteiger partial charge in [0.15, 0.2) is 18.9 Å². The van der Waals surface area contributed by atoms with Crippen LogP contribution in [0, 0.1) is 0 Å². The van der Waals surface area contributed by atoms with Gasteiger partial charge >= 0.3 is 0 Å². The summed E-state index contributed by atoms with van der Waals surface area (Å²) in [6.45, 7) is 1.68. The zero-order valence-electron chi connectivity index (χ0n) is 44.8. The van der Waals surface area contributed by atoms with Gasteiger partial charge in [0, 0.05) is 6.42 Å². The molecule has 19 heteroatoms. The van der Waals surface area contributed by atoms with Gasteiger partial charge in [0.2, 0.25) is 5.91 Å². The van der Waals surface area contributed by atoms with E-state index in [2.05, 4.69) is 31.3 Å². The highest BCUT2D eigenvalue weighted by Gasteiger charge is 2.53. The van der Waals surface area contributed by atoms with Crippen molar-refractivity contribution in [2.75, 3.05) is 26.4 Å². The van der Waals surface area contributed by atoms with E-state index in [-0.39, 0.29) is 18.9 Å². The summed E-state index contributed by atoms with van der Waals surface area (Å²) < 4.78 is 34.2. The zero-order chi connectivity index (χ0) is 54.1. The number of unbranched alkanes of at least 4 members (excludes halogenated alkanes) is 23. The third kappa shape index (κ3) is 24.1. The lowest BCUT2D eigenvalue weighted by Crippen LogP contribution is -2.66. The van der Waals surface area contributed by atoms with E-state index in [9.17, 15) is 61.0 Å². The van der Waals surface area contributed by atoms with Crippen LogP contribution in [-0.2, 0) is 33.2 Å². The maximum Gasteiger partial charge on any atom is 0.220 e. The number of amides is 1. The lowest BCUT2D eigenvalue weighted by atomic mass is 9.96. The van der Waals surface area contributed by atoms with Gasteiger partial charge in [-0.05, 0) is 32.1 Å². The van der Waals surface area contributed by atoms with E-state index >= 15 is 0 Å². The number of allylic oxidation sites excluding steroid dienone is 3. The number of rotatable bonds is 41. The predicted octanol–water partition coefficient (Wildman–Crippen LogP) is 3.98. The van der Waals surface area contributed by atoms with Crippen LogP contribution in [0.1, 0.15) is 187 Å². The molecule has 3 fully saturated rings. The molecule has 0 aromatic heterocycles. The summed E-state index contributed by atoms with van der Waals surface area (Å²) in [6.07, 6.45) is 11.7. The molecule has 3 heterocycles. The molecule has 17 unspecified atom stereocenters. The van der Waals surface area contributed by atoms with E-state index in [1.54, 1.807) is 6.08 Å². The molecule has 3 saturated heterocycles. The van der Waals surface area contributed by atoms with Crippen molar-refractivity contribution in [2.24, 2.45) is 0 Å². The molecule has 3 aliphatic rings. The predicted molar refractivity (Wildman–Crippen MR) is 277 cm³/mol. The Balaban J connectivity index is 1.54. The first-order chi connectivity index (χ1) is 35.8. The third-order valence-electron chi connectivity index (χ3n) is 14.5. The lowest BCUT2D eigenvalue weighted by Gasteiger charge is -2.48. The molecule has 74 heavy (non-hydrogen) atoms. The van der Waals surface area contributed by atoms with Crippen LogP contribution in [0.25, 0.3) is 0 Å². The molecule has 1 amide bonds. The molecule has 12 N–H and O–H groups in total. The van der Waals surface area contributed by atoms with Crippen molar-refractivity contribution in [2.45, 2.75) is 291 Å². The van der Waals surface area contributed by atoms with E-state index < -0.39 is 124 Å². The van der Waals surface area contributed by atoms with Crippen molar-refractivity contribution in [1.29, 1.82) is 0 Å². The summed E-state index contributed by atoms with van der Waals surface area (Å²) in [4.78, 5) is 13.3. The van der Waals surface area contributed by atoms with Crippen LogP contribution < -0.4 is 5.32 Å². The number of hydrogen-bond acceptors (Lipinski definition) is 18. The van der Waals surface area contributed by atoms with Crippen LogP contribution in [0.5, 0.6) is 0 Å². The molecular formula is C55H101NO18. The smallest absolute Gasteiger partial charge is 0.220 e. The van der Waals surface area contributed by atoms with Gasteiger partial charge in [-0.25, -0.2) is 0 Å². The van der Waals surface area contributed by atoms with Crippen molar-refractivity contribution in [3.8, 4) is 0 Å². The molecule has 434 valence electrons. The SMILES string of the molecule is CCCCCCCCCCCC/C=C/CC/C=C/C(O)C(COC1OC(CO)C(OC2OC(CO)C(OC3OC(CO)C(O)C(O)C3O)C(O)C2O)C(O)C1O)NC(=O)CCCCCCCCCCCCCCC. The fourth-order valence-electron chi connectivity index (χ4n) is 9.74. The number of aliphatic hydroxyl groups excluding tert-OH is 11. The normalized spacial score (nSPS) is 31.6. The summed E-state index contributed by atoms with van der Waals surface area (Å²) in [5.74, 6) is -0.286. The molecule has 0 spiro atoms. The Hall–Kier alpha value is -1.73. The fraction of sp³-hybridized carbons (Fsp3) is 0.909. The van der Waals surface area contributed by atoms with Gasteiger partial charge in [-0.3, -0.25) is 4.79 Å². The molecule has 19 nitrogen and oxygen atoms in total. The van der Waals surface area contributed by atoms with Gasteiger partial charge in [-0.15, -0.1) is 0 Å². The van der Waals surface area contributed by atoms with E-state index in [0.29, 0.717) is 12.8 Å². The second-order valence-corrected chi connectivity index (χ2v) is 20.8. The van der Waals surface area contributed by atoms with Gasteiger partial charge in [0.25, 0.3) is 0 Å².